The highest BCUT2D eigenvalue weighted by Gasteiger charge is 2.38. The van der Waals surface area contributed by atoms with Crippen LogP contribution in [0.4, 0.5) is 5.69 Å². The number of nitrogens with two attached hydrogens (primary N) is 1. The summed E-state index contributed by atoms with van der Waals surface area (Å²) in [6.45, 7) is 4.80. The van der Waals surface area contributed by atoms with E-state index < -0.39 is 11.6 Å². The van der Waals surface area contributed by atoms with Crippen LogP contribution >= 0.6 is 12.2 Å². The maximum atomic E-state index is 13.8. The van der Waals surface area contributed by atoms with Crippen LogP contribution in [0.25, 0.3) is 0 Å². The Morgan fingerprint density at radius 3 is 2.38 bits per heavy atom. The van der Waals surface area contributed by atoms with Crippen LogP contribution in [0.3, 0.4) is 0 Å². The molecule has 1 fully saturated rings. The topological polar surface area (TPSA) is 108 Å². The second-order valence-electron chi connectivity index (χ2n) is 7.93. The number of aliphatic hydroxyl groups is 1. The van der Waals surface area contributed by atoms with Crippen LogP contribution in [-0.2, 0) is 10.4 Å². The van der Waals surface area contributed by atoms with Gasteiger partial charge in [0.25, 0.3) is 0 Å². The molecule has 0 saturated carbocycles. The normalized spacial score (nSPS) is 15.6. The van der Waals surface area contributed by atoms with Crippen LogP contribution in [0.2, 0.25) is 0 Å². The molecule has 1 saturated heterocycles. The number of hydrogen-bond acceptors (Lipinski definition) is 6. The Morgan fingerprint density at radius 2 is 1.79 bits per heavy atom. The third kappa shape index (κ3) is 5.08. The Balaban J connectivity index is 0.00000158. The van der Waals surface area contributed by atoms with E-state index in [0.29, 0.717) is 47.5 Å². The number of amides is 1. The average Bonchev–Trinajstić information content (AvgIpc) is 2.88. The number of nitrogen functional groups attached to an aromatic ring is 1. The summed E-state index contributed by atoms with van der Waals surface area (Å²) in [5.74, 6) is -0.115. The molecule has 0 bridgehead atoms. The second kappa shape index (κ2) is 11.2. The number of likely N-dealkylation sites (tertiary alicyclic amines) is 1. The lowest BCUT2D eigenvalue weighted by atomic mass is 9.87. The molecule has 3 heterocycles. The molecule has 8 heteroatoms. The second-order valence-corrected chi connectivity index (χ2v) is 8.31. The van der Waals surface area contributed by atoms with E-state index in [-0.39, 0.29) is 5.91 Å². The highest BCUT2D eigenvalue weighted by atomic mass is 32.1. The number of nitrogens with zero attached hydrogens (tertiary/aromatic N) is 3. The molecule has 7 nitrogen and oxygen atoms in total. The van der Waals surface area contributed by atoms with Gasteiger partial charge in [-0.1, -0.05) is 62.5 Å². The zero-order valence-corrected chi connectivity index (χ0v) is 20.3. The number of pyridine rings is 2. The van der Waals surface area contributed by atoms with Gasteiger partial charge in [0, 0.05) is 37.4 Å². The van der Waals surface area contributed by atoms with Crippen molar-refractivity contribution in [1.82, 2.24) is 14.5 Å². The third-order valence-corrected chi connectivity index (χ3v) is 6.44. The lowest BCUT2D eigenvalue weighted by molar-refractivity contribution is -0.138. The van der Waals surface area contributed by atoms with Gasteiger partial charge in [0.15, 0.2) is 0 Å². The van der Waals surface area contributed by atoms with Gasteiger partial charge in [0.1, 0.15) is 16.3 Å². The summed E-state index contributed by atoms with van der Waals surface area (Å²) >= 11 is 5.59. The molecule has 4 rings (SSSR count). The standard InChI is InChI=1S/C24H25N5O2S.C2H6/c25-16-18-19(26)9-13-29(23(18)32)21(17-6-2-1-3-7-17)22(30)28-14-10-24(31,11-15-28)20-8-4-5-12-27-20;1-2/h1-9,12-13,16,21,25,31H,10-11,14-15,26H2;1-2H3. The number of aromatic nitrogens is 2. The average molecular weight is 478 g/mol. The van der Waals surface area contributed by atoms with Gasteiger partial charge in [-0.2, -0.15) is 0 Å². The first-order valence-electron chi connectivity index (χ1n) is 11.4. The molecule has 34 heavy (non-hydrogen) atoms. The van der Waals surface area contributed by atoms with E-state index in [4.69, 9.17) is 23.4 Å². The Kier molecular flexibility index (Phi) is 8.31. The Labute approximate surface area is 205 Å². The Bertz CT molecular complexity index is 1170. The van der Waals surface area contributed by atoms with Crippen LogP contribution in [0.5, 0.6) is 0 Å². The lowest BCUT2D eigenvalue weighted by Gasteiger charge is -2.39. The first-order chi connectivity index (χ1) is 16.4. The number of carbonyl (C=O) groups is 1. The maximum absolute atomic E-state index is 13.8. The summed E-state index contributed by atoms with van der Waals surface area (Å²) in [4.78, 5) is 19.8. The predicted molar refractivity (Wildman–Crippen MR) is 137 cm³/mol. The van der Waals surface area contributed by atoms with Gasteiger partial charge in [0.05, 0.1) is 11.3 Å². The molecule has 0 aliphatic carbocycles. The van der Waals surface area contributed by atoms with Crippen LogP contribution in [0.15, 0.2) is 67.0 Å². The monoisotopic (exact) mass is 477 g/mol. The summed E-state index contributed by atoms with van der Waals surface area (Å²) in [6, 6.07) is 15.9. The fourth-order valence-corrected chi connectivity index (χ4v) is 4.49. The lowest BCUT2D eigenvalue weighted by Crippen LogP contribution is -2.48. The van der Waals surface area contributed by atoms with Gasteiger partial charge in [0.2, 0.25) is 5.91 Å². The molecule has 1 aromatic carbocycles. The van der Waals surface area contributed by atoms with Crippen molar-refractivity contribution < 1.29 is 9.90 Å². The highest BCUT2D eigenvalue weighted by Crippen LogP contribution is 2.33. The molecule has 0 radical (unpaired) electrons. The van der Waals surface area contributed by atoms with Crippen LogP contribution < -0.4 is 5.73 Å². The van der Waals surface area contributed by atoms with Crippen molar-refractivity contribution in [2.45, 2.75) is 38.3 Å². The zero-order valence-electron chi connectivity index (χ0n) is 19.5. The molecular weight excluding hydrogens is 446 g/mol. The summed E-state index contributed by atoms with van der Waals surface area (Å²) in [5, 5.41) is 18.8. The third-order valence-electron chi connectivity index (χ3n) is 6.01. The van der Waals surface area contributed by atoms with Gasteiger partial charge in [-0.15, -0.1) is 0 Å². The molecular formula is C26H31N5O2S. The van der Waals surface area contributed by atoms with Gasteiger partial charge in [-0.05, 0) is 36.6 Å². The zero-order chi connectivity index (χ0) is 24.7. The van der Waals surface area contributed by atoms with Crippen molar-refractivity contribution in [3.05, 3.63) is 88.5 Å². The summed E-state index contributed by atoms with van der Waals surface area (Å²) in [7, 11) is 0. The van der Waals surface area contributed by atoms with E-state index >= 15 is 0 Å². The van der Waals surface area contributed by atoms with Gasteiger partial charge in [-0.25, -0.2) is 0 Å². The number of carbonyl (C=O) groups excluding carboxylic acids is 1. The SMILES string of the molecule is CC.N=Cc1c(N)ccn(C(C(=O)N2CCC(O)(c3ccccn3)CC2)c2ccccc2)c1=S. The molecule has 1 aliphatic heterocycles. The summed E-state index contributed by atoms with van der Waals surface area (Å²) < 4.78 is 2.03. The Morgan fingerprint density at radius 1 is 1.15 bits per heavy atom. The number of benzene rings is 1. The van der Waals surface area contributed by atoms with E-state index in [1.54, 1.807) is 27.9 Å². The van der Waals surface area contributed by atoms with Crippen molar-refractivity contribution in [2.75, 3.05) is 18.8 Å². The van der Waals surface area contributed by atoms with E-state index in [2.05, 4.69) is 4.98 Å². The quantitative estimate of drug-likeness (QED) is 0.375. The molecule has 1 unspecified atom stereocenters. The van der Waals surface area contributed by atoms with E-state index in [9.17, 15) is 9.90 Å². The number of rotatable bonds is 5. The smallest absolute Gasteiger partial charge is 0.250 e. The summed E-state index contributed by atoms with van der Waals surface area (Å²) in [5.41, 5.74) is 7.17. The van der Waals surface area contributed by atoms with Crippen LogP contribution in [0, 0.1) is 10.0 Å². The van der Waals surface area contributed by atoms with Crippen molar-refractivity contribution in [3.8, 4) is 0 Å². The highest BCUT2D eigenvalue weighted by molar-refractivity contribution is 7.71. The molecule has 0 spiro atoms. The minimum atomic E-state index is -1.05. The van der Waals surface area contributed by atoms with E-state index in [1.165, 1.54) is 0 Å². The Hall–Kier alpha value is -3.36. The predicted octanol–water partition coefficient (Wildman–Crippen LogP) is 4.32. The number of piperidine rings is 1. The molecule has 4 N–H and O–H groups in total. The largest absolute Gasteiger partial charge is 0.398 e. The minimum absolute atomic E-state index is 0.115. The van der Waals surface area contributed by atoms with Crippen molar-refractivity contribution in [2.24, 2.45) is 0 Å². The van der Waals surface area contributed by atoms with Gasteiger partial charge >= 0.3 is 0 Å². The first kappa shape index (κ1) is 25.3. The first-order valence-corrected chi connectivity index (χ1v) is 11.8. The molecule has 1 aliphatic rings. The van der Waals surface area contributed by atoms with Crippen LogP contribution in [0.1, 0.15) is 49.6 Å². The summed E-state index contributed by atoms with van der Waals surface area (Å²) in [6.07, 6.45) is 5.29. The number of anilines is 1. The minimum Gasteiger partial charge on any atom is -0.398 e. The van der Waals surface area contributed by atoms with Crippen LogP contribution in [-0.4, -0.2) is 44.8 Å². The van der Waals surface area contributed by atoms with E-state index in [0.717, 1.165) is 11.8 Å². The maximum Gasteiger partial charge on any atom is 0.250 e. The van der Waals surface area contributed by atoms with Gasteiger partial charge < -0.3 is 25.7 Å². The van der Waals surface area contributed by atoms with Crippen molar-refractivity contribution in [3.63, 3.8) is 0 Å². The molecule has 1 amide bonds. The number of nitrogens with one attached hydrogen (secondary N) is 1. The number of hydrogen-bond donors (Lipinski definition) is 3. The van der Waals surface area contributed by atoms with Crippen molar-refractivity contribution in [1.29, 1.82) is 5.41 Å². The molecule has 3 aromatic rings. The van der Waals surface area contributed by atoms with Gasteiger partial charge in [-0.3, -0.25) is 9.78 Å². The fraction of sp³-hybridized carbons (Fsp3) is 0.308. The molecule has 178 valence electrons. The van der Waals surface area contributed by atoms with Crippen molar-refractivity contribution >= 4 is 30.0 Å². The van der Waals surface area contributed by atoms with E-state index in [1.807, 2.05) is 62.4 Å². The molecule has 1 atom stereocenters. The molecule has 2 aromatic heterocycles. The fourth-order valence-electron chi connectivity index (χ4n) is 4.15.